The van der Waals surface area contributed by atoms with E-state index < -0.39 is 0 Å². The van der Waals surface area contributed by atoms with Crippen LogP contribution < -0.4 is 10.6 Å². The standard InChI is InChI=1S/C15H23FN2O/c1-11(17)13-5-6-15(14(16)8-13)18(2)9-12-4-3-7-19-10-12/h5-6,8,11-12H,3-4,7,9-10,17H2,1-2H3. The van der Waals surface area contributed by atoms with E-state index in [0.29, 0.717) is 11.6 Å². The maximum Gasteiger partial charge on any atom is 0.146 e. The second-order valence-electron chi connectivity index (χ2n) is 5.46. The van der Waals surface area contributed by atoms with Gasteiger partial charge in [0.25, 0.3) is 0 Å². The Kier molecular flexibility index (Phi) is 4.77. The normalized spacial score (nSPS) is 21.2. The Morgan fingerprint density at radius 1 is 1.53 bits per heavy atom. The van der Waals surface area contributed by atoms with Crippen LogP contribution in [0.3, 0.4) is 0 Å². The van der Waals surface area contributed by atoms with Gasteiger partial charge in [-0.3, -0.25) is 0 Å². The van der Waals surface area contributed by atoms with Crippen LogP contribution in [0.25, 0.3) is 0 Å². The molecule has 2 atom stereocenters. The highest BCUT2D eigenvalue weighted by Gasteiger charge is 2.18. The number of benzene rings is 1. The molecule has 1 aromatic carbocycles. The minimum Gasteiger partial charge on any atom is -0.381 e. The first-order chi connectivity index (χ1) is 9.08. The first kappa shape index (κ1) is 14.3. The molecule has 4 heteroatoms. The van der Waals surface area contributed by atoms with Gasteiger partial charge in [-0.25, -0.2) is 4.39 Å². The third kappa shape index (κ3) is 3.67. The second kappa shape index (κ2) is 6.35. The molecule has 3 nitrogen and oxygen atoms in total. The van der Waals surface area contributed by atoms with E-state index in [4.69, 9.17) is 10.5 Å². The topological polar surface area (TPSA) is 38.5 Å². The van der Waals surface area contributed by atoms with E-state index in [-0.39, 0.29) is 11.9 Å². The molecule has 0 spiro atoms. The number of hydrogen-bond donors (Lipinski definition) is 1. The van der Waals surface area contributed by atoms with Gasteiger partial charge in [-0.05, 0) is 43.4 Å². The van der Waals surface area contributed by atoms with E-state index in [1.807, 2.05) is 31.0 Å². The van der Waals surface area contributed by atoms with E-state index in [2.05, 4.69) is 0 Å². The summed E-state index contributed by atoms with van der Waals surface area (Å²) < 4.78 is 19.5. The molecule has 1 aromatic rings. The Balaban J connectivity index is 2.03. The number of nitrogens with two attached hydrogens (primary N) is 1. The molecule has 19 heavy (non-hydrogen) atoms. The highest BCUT2D eigenvalue weighted by atomic mass is 19.1. The molecule has 2 unspecified atom stereocenters. The highest BCUT2D eigenvalue weighted by molar-refractivity contribution is 5.49. The summed E-state index contributed by atoms with van der Waals surface area (Å²) in [5.41, 5.74) is 7.22. The molecule has 0 bridgehead atoms. The van der Waals surface area contributed by atoms with Gasteiger partial charge in [0, 0.05) is 26.2 Å². The van der Waals surface area contributed by atoms with Crippen LogP contribution in [0.4, 0.5) is 10.1 Å². The Hall–Kier alpha value is -1.13. The molecule has 1 fully saturated rings. The minimum absolute atomic E-state index is 0.138. The lowest BCUT2D eigenvalue weighted by Crippen LogP contribution is -2.31. The van der Waals surface area contributed by atoms with Gasteiger partial charge in [0.1, 0.15) is 5.82 Å². The maximum atomic E-state index is 14.1. The molecule has 2 N–H and O–H groups in total. The average Bonchev–Trinajstić information content (AvgIpc) is 2.39. The smallest absolute Gasteiger partial charge is 0.146 e. The van der Waals surface area contributed by atoms with E-state index in [1.165, 1.54) is 6.07 Å². The maximum absolute atomic E-state index is 14.1. The Morgan fingerprint density at radius 3 is 2.89 bits per heavy atom. The molecular weight excluding hydrogens is 243 g/mol. The zero-order chi connectivity index (χ0) is 13.8. The van der Waals surface area contributed by atoms with Crippen molar-refractivity contribution in [3.05, 3.63) is 29.6 Å². The van der Waals surface area contributed by atoms with Crippen molar-refractivity contribution in [2.75, 3.05) is 31.7 Å². The van der Waals surface area contributed by atoms with Gasteiger partial charge in [-0.15, -0.1) is 0 Å². The summed E-state index contributed by atoms with van der Waals surface area (Å²) in [7, 11) is 1.93. The van der Waals surface area contributed by atoms with E-state index in [0.717, 1.165) is 38.2 Å². The monoisotopic (exact) mass is 266 g/mol. The molecule has 0 radical (unpaired) electrons. The summed E-state index contributed by atoms with van der Waals surface area (Å²) in [6.45, 7) is 4.33. The summed E-state index contributed by atoms with van der Waals surface area (Å²) in [6, 6.07) is 5.11. The van der Waals surface area contributed by atoms with Crippen molar-refractivity contribution in [1.82, 2.24) is 0 Å². The van der Waals surface area contributed by atoms with Crippen molar-refractivity contribution in [3.8, 4) is 0 Å². The number of hydrogen-bond acceptors (Lipinski definition) is 3. The molecule has 1 aliphatic heterocycles. The lowest BCUT2D eigenvalue weighted by atomic mass is 10.0. The van der Waals surface area contributed by atoms with E-state index in [9.17, 15) is 4.39 Å². The zero-order valence-electron chi connectivity index (χ0n) is 11.7. The fourth-order valence-corrected chi connectivity index (χ4v) is 2.55. The number of nitrogens with zero attached hydrogens (tertiary/aromatic N) is 1. The summed E-state index contributed by atoms with van der Waals surface area (Å²) in [5.74, 6) is 0.292. The molecule has 1 aliphatic rings. The highest BCUT2D eigenvalue weighted by Crippen LogP contribution is 2.24. The fourth-order valence-electron chi connectivity index (χ4n) is 2.55. The lowest BCUT2D eigenvalue weighted by Gasteiger charge is -2.28. The van der Waals surface area contributed by atoms with Crippen LogP contribution >= 0.6 is 0 Å². The molecule has 1 heterocycles. The summed E-state index contributed by atoms with van der Waals surface area (Å²) in [5, 5.41) is 0. The molecule has 1 saturated heterocycles. The quantitative estimate of drug-likeness (QED) is 0.910. The van der Waals surface area contributed by atoms with Crippen molar-refractivity contribution in [3.63, 3.8) is 0 Å². The third-order valence-corrected chi connectivity index (χ3v) is 3.70. The first-order valence-corrected chi connectivity index (χ1v) is 6.92. The fraction of sp³-hybridized carbons (Fsp3) is 0.600. The van der Waals surface area contributed by atoms with Crippen LogP contribution in [-0.4, -0.2) is 26.8 Å². The summed E-state index contributed by atoms with van der Waals surface area (Å²) in [6.07, 6.45) is 2.26. The molecule has 0 aliphatic carbocycles. The van der Waals surface area contributed by atoms with Crippen LogP contribution in [-0.2, 0) is 4.74 Å². The van der Waals surface area contributed by atoms with Gasteiger partial charge in [0.15, 0.2) is 0 Å². The molecule has 0 aromatic heterocycles. The van der Waals surface area contributed by atoms with E-state index >= 15 is 0 Å². The van der Waals surface area contributed by atoms with Crippen molar-refractivity contribution in [2.45, 2.75) is 25.8 Å². The summed E-state index contributed by atoms with van der Waals surface area (Å²) >= 11 is 0. The SMILES string of the molecule is CC(N)c1ccc(N(C)CC2CCCOC2)c(F)c1. The van der Waals surface area contributed by atoms with Crippen molar-refractivity contribution in [2.24, 2.45) is 11.7 Å². The zero-order valence-corrected chi connectivity index (χ0v) is 11.7. The predicted octanol–water partition coefficient (Wildman–Crippen LogP) is 2.71. The van der Waals surface area contributed by atoms with Crippen LogP contribution in [0.1, 0.15) is 31.4 Å². The Morgan fingerprint density at radius 2 is 2.32 bits per heavy atom. The molecule has 106 valence electrons. The molecular formula is C15H23FN2O. The Bertz CT molecular complexity index is 417. The van der Waals surface area contributed by atoms with Gasteiger partial charge >= 0.3 is 0 Å². The largest absolute Gasteiger partial charge is 0.381 e. The average molecular weight is 266 g/mol. The predicted molar refractivity (Wildman–Crippen MR) is 75.8 cm³/mol. The molecule has 0 amide bonds. The molecule has 0 saturated carbocycles. The van der Waals surface area contributed by atoms with Gasteiger partial charge in [-0.2, -0.15) is 0 Å². The number of ether oxygens (including phenoxy) is 1. The van der Waals surface area contributed by atoms with Crippen molar-refractivity contribution >= 4 is 5.69 Å². The second-order valence-corrected chi connectivity index (χ2v) is 5.46. The van der Waals surface area contributed by atoms with Crippen LogP contribution in [0.5, 0.6) is 0 Å². The molecule has 2 rings (SSSR count). The summed E-state index contributed by atoms with van der Waals surface area (Å²) in [4.78, 5) is 1.97. The van der Waals surface area contributed by atoms with Crippen molar-refractivity contribution in [1.29, 1.82) is 0 Å². The number of rotatable bonds is 4. The van der Waals surface area contributed by atoms with Crippen LogP contribution in [0.2, 0.25) is 0 Å². The van der Waals surface area contributed by atoms with Gasteiger partial charge in [0.2, 0.25) is 0 Å². The van der Waals surface area contributed by atoms with Crippen LogP contribution in [0.15, 0.2) is 18.2 Å². The Labute approximate surface area is 114 Å². The van der Waals surface area contributed by atoms with Gasteiger partial charge < -0.3 is 15.4 Å². The van der Waals surface area contributed by atoms with Gasteiger partial charge in [-0.1, -0.05) is 6.07 Å². The number of halogens is 1. The van der Waals surface area contributed by atoms with Crippen molar-refractivity contribution < 1.29 is 9.13 Å². The third-order valence-electron chi connectivity index (χ3n) is 3.70. The van der Waals surface area contributed by atoms with E-state index in [1.54, 1.807) is 0 Å². The number of anilines is 1. The lowest BCUT2D eigenvalue weighted by molar-refractivity contribution is 0.0576. The first-order valence-electron chi connectivity index (χ1n) is 6.92. The minimum atomic E-state index is -0.200. The van der Waals surface area contributed by atoms with Gasteiger partial charge in [0.05, 0.1) is 12.3 Å². The van der Waals surface area contributed by atoms with Crippen LogP contribution in [0, 0.1) is 11.7 Å².